The number of hydrogen-bond acceptors (Lipinski definition) is 2. The van der Waals surface area contributed by atoms with Crippen LogP contribution in [0.3, 0.4) is 0 Å². The second-order valence-corrected chi connectivity index (χ2v) is 5.67. The van der Waals surface area contributed by atoms with Gasteiger partial charge in [0, 0.05) is 0 Å². The van der Waals surface area contributed by atoms with Gasteiger partial charge >= 0.3 is 0 Å². The third-order valence-corrected chi connectivity index (χ3v) is 4.09. The predicted octanol–water partition coefficient (Wildman–Crippen LogP) is 4.53. The van der Waals surface area contributed by atoms with E-state index in [1.54, 1.807) is 0 Å². The van der Waals surface area contributed by atoms with Crippen LogP contribution in [0.5, 0.6) is 0 Å². The Labute approximate surface area is 126 Å². The van der Waals surface area contributed by atoms with Crippen molar-refractivity contribution >= 4 is 0 Å². The number of rotatable bonds is 3. The van der Waals surface area contributed by atoms with Crippen molar-refractivity contribution < 1.29 is 9.47 Å². The third kappa shape index (κ3) is 3.34. The molecular weight excluding hydrogens is 260 g/mol. The summed E-state index contributed by atoms with van der Waals surface area (Å²) in [5, 5.41) is 0. The van der Waals surface area contributed by atoms with Crippen molar-refractivity contribution in [3.63, 3.8) is 0 Å². The molecule has 0 unspecified atom stereocenters. The van der Waals surface area contributed by atoms with Crippen LogP contribution in [0.1, 0.15) is 30.6 Å². The van der Waals surface area contributed by atoms with Crippen LogP contribution in [0.25, 0.3) is 11.1 Å². The van der Waals surface area contributed by atoms with Gasteiger partial charge in [-0.1, -0.05) is 61.0 Å². The molecule has 1 heterocycles. The van der Waals surface area contributed by atoms with E-state index in [0.717, 1.165) is 6.42 Å². The lowest BCUT2D eigenvalue weighted by molar-refractivity contribution is -0.135. The summed E-state index contributed by atoms with van der Waals surface area (Å²) < 4.78 is 11.7. The Bertz CT molecular complexity index is 564. The van der Waals surface area contributed by atoms with Crippen molar-refractivity contribution in [3.05, 3.63) is 59.7 Å². The van der Waals surface area contributed by atoms with Gasteiger partial charge in [0.15, 0.2) is 0 Å². The molecule has 0 spiro atoms. The van der Waals surface area contributed by atoms with Gasteiger partial charge in [0.05, 0.1) is 19.3 Å². The van der Waals surface area contributed by atoms with Gasteiger partial charge in [-0.25, -0.2) is 0 Å². The Kier molecular flexibility index (Phi) is 4.37. The van der Waals surface area contributed by atoms with Gasteiger partial charge in [-0.3, -0.25) is 0 Å². The largest absolute Gasteiger partial charge is 0.373 e. The van der Waals surface area contributed by atoms with E-state index in [9.17, 15) is 0 Å². The van der Waals surface area contributed by atoms with Crippen molar-refractivity contribution in [2.24, 2.45) is 0 Å². The molecule has 0 radical (unpaired) electrons. The first kappa shape index (κ1) is 14.3. The third-order valence-electron chi connectivity index (χ3n) is 4.09. The minimum atomic E-state index is 0.0693. The van der Waals surface area contributed by atoms with Crippen LogP contribution in [0, 0.1) is 6.92 Å². The van der Waals surface area contributed by atoms with Crippen LogP contribution in [0.15, 0.2) is 48.5 Å². The van der Waals surface area contributed by atoms with Gasteiger partial charge < -0.3 is 9.47 Å². The molecule has 0 aliphatic carbocycles. The lowest BCUT2D eigenvalue weighted by Crippen LogP contribution is -2.30. The number of hydrogen-bond donors (Lipinski definition) is 0. The van der Waals surface area contributed by atoms with E-state index in [-0.39, 0.29) is 12.2 Å². The van der Waals surface area contributed by atoms with E-state index in [2.05, 4.69) is 62.4 Å². The molecular formula is C19H22O2. The van der Waals surface area contributed by atoms with Crippen LogP contribution in [0.4, 0.5) is 0 Å². The number of aryl methyl sites for hydroxylation is 1. The first-order valence-corrected chi connectivity index (χ1v) is 7.66. The smallest absolute Gasteiger partial charge is 0.106 e. The monoisotopic (exact) mass is 282 g/mol. The average Bonchev–Trinajstić information content (AvgIpc) is 2.56. The minimum absolute atomic E-state index is 0.0693. The highest BCUT2D eigenvalue weighted by atomic mass is 16.6. The molecule has 2 aromatic rings. The Balaban J connectivity index is 1.71. The van der Waals surface area contributed by atoms with Gasteiger partial charge in [-0.2, -0.15) is 0 Å². The summed E-state index contributed by atoms with van der Waals surface area (Å²) in [5.74, 6) is 0. The molecule has 2 heteroatoms. The van der Waals surface area contributed by atoms with Crippen LogP contribution < -0.4 is 0 Å². The standard InChI is InChI=1S/C19H22O2/c1-3-18-12-21-19(13-20-18)17-10-8-16(9-11-17)15-6-4-14(2)5-7-15/h4-11,18-19H,3,12-13H2,1-2H3/t18-,19-/m0/s1. The Morgan fingerprint density at radius 3 is 2.00 bits per heavy atom. The maximum Gasteiger partial charge on any atom is 0.106 e. The van der Waals surface area contributed by atoms with Crippen molar-refractivity contribution in [2.75, 3.05) is 13.2 Å². The normalized spacial score (nSPS) is 22.2. The molecule has 0 bridgehead atoms. The highest BCUT2D eigenvalue weighted by Gasteiger charge is 2.22. The highest BCUT2D eigenvalue weighted by Crippen LogP contribution is 2.27. The maximum atomic E-state index is 5.90. The van der Waals surface area contributed by atoms with E-state index >= 15 is 0 Å². The van der Waals surface area contributed by atoms with Gasteiger partial charge in [-0.15, -0.1) is 0 Å². The fraction of sp³-hybridized carbons (Fsp3) is 0.368. The topological polar surface area (TPSA) is 18.5 Å². The molecule has 1 aliphatic heterocycles. The number of benzene rings is 2. The predicted molar refractivity (Wildman–Crippen MR) is 85.3 cm³/mol. The van der Waals surface area contributed by atoms with E-state index in [1.807, 2.05) is 0 Å². The zero-order chi connectivity index (χ0) is 14.7. The summed E-state index contributed by atoms with van der Waals surface area (Å²) >= 11 is 0. The quantitative estimate of drug-likeness (QED) is 0.823. The molecule has 2 atom stereocenters. The molecule has 2 nitrogen and oxygen atoms in total. The second-order valence-electron chi connectivity index (χ2n) is 5.67. The average molecular weight is 282 g/mol. The molecule has 3 rings (SSSR count). The fourth-order valence-electron chi connectivity index (χ4n) is 2.61. The van der Waals surface area contributed by atoms with Crippen LogP contribution in [0.2, 0.25) is 0 Å². The van der Waals surface area contributed by atoms with Crippen molar-refractivity contribution in [1.82, 2.24) is 0 Å². The lowest BCUT2D eigenvalue weighted by atomic mass is 10.0. The molecule has 2 aromatic carbocycles. The van der Waals surface area contributed by atoms with Crippen LogP contribution in [-0.4, -0.2) is 19.3 Å². The molecule has 0 aromatic heterocycles. The number of ether oxygens (including phenoxy) is 2. The second kappa shape index (κ2) is 6.42. The van der Waals surface area contributed by atoms with Crippen molar-refractivity contribution in [1.29, 1.82) is 0 Å². The minimum Gasteiger partial charge on any atom is -0.373 e. The van der Waals surface area contributed by atoms with E-state index in [4.69, 9.17) is 9.47 Å². The molecule has 1 fully saturated rings. The van der Waals surface area contributed by atoms with Crippen LogP contribution in [-0.2, 0) is 9.47 Å². The van der Waals surface area contributed by atoms with E-state index < -0.39 is 0 Å². The van der Waals surface area contributed by atoms with Crippen molar-refractivity contribution in [2.45, 2.75) is 32.5 Å². The summed E-state index contributed by atoms with van der Waals surface area (Å²) in [6.07, 6.45) is 1.34. The molecule has 21 heavy (non-hydrogen) atoms. The highest BCUT2D eigenvalue weighted by molar-refractivity contribution is 5.64. The van der Waals surface area contributed by atoms with Gasteiger partial charge in [0.1, 0.15) is 6.10 Å². The molecule has 110 valence electrons. The lowest BCUT2D eigenvalue weighted by Gasteiger charge is -2.29. The first-order valence-electron chi connectivity index (χ1n) is 7.66. The summed E-state index contributed by atoms with van der Waals surface area (Å²) in [6, 6.07) is 17.2. The molecule has 0 N–H and O–H groups in total. The molecule has 1 aliphatic rings. The summed E-state index contributed by atoms with van der Waals surface area (Å²) in [4.78, 5) is 0. The van der Waals surface area contributed by atoms with Gasteiger partial charge in [-0.05, 0) is 30.0 Å². The maximum absolute atomic E-state index is 5.90. The van der Waals surface area contributed by atoms with Crippen molar-refractivity contribution in [3.8, 4) is 11.1 Å². The Hall–Kier alpha value is -1.64. The Morgan fingerprint density at radius 1 is 0.857 bits per heavy atom. The summed E-state index contributed by atoms with van der Waals surface area (Å²) in [5.41, 5.74) is 4.97. The first-order chi connectivity index (χ1) is 10.3. The van der Waals surface area contributed by atoms with Gasteiger partial charge in [0.25, 0.3) is 0 Å². The fourth-order valence-corrected chi connectivity index (χ4v) is 2.61. The van der Waals surface area contributed by atoms with Crippen LogP contribution >= 0.6 is 0 Å². The van der Waals surface area contributed by atoms with Gasteiger partial charge in [0.2, 0.25) is 0 Å². The zero-order valence-corrected chi connectivity index (χ0v) is 12.7. The summed E-state index contributed by atoms with van der Waals surface area (Å²) in [7, 11) is 0. The van der Waals surface area contributed by atoms with E-state index in [1.165, 1.54) is 22.3 Å². The SMILES string of the molecule is CC[C@H]1CO[C@H](c2ccc(-c3ccc(C)cc3)cc2)CO1. The summed E-state index contributed by atoms with van der Waals surface area (Å²) in [6.45, 7) is 5.59. The molecule has 0 saturated carbocycles. The molecule has 0 amide bonds. The van der Waals surface area contributed by atoms with E-state index in [0.29, 0.717) is 13.2 Å². The zero-order valence-electron chi connectivity index (χ0n) is 12.7. The Morgan fingerprint density at radius 2 is 1.48 bits per heavy atom. The molecule has 1 saturated heterocycles.